The molecule has 158 valence electrons. The predicted molar refractivity (Wildman–Crippen MR) is 117 cm³/mol. The second-order valence-electron chi connectivity index (χ2n) is 6.92. The Bertz CT molecular complexity index is 962. The summed E-state index contributed by atoms with van der Waals surface area (Å²) in [6, 6.07) is 12.7. The third-order valence-corrected chi connectivity index (χ3v) is 5.22. The maximum absolute atomic E-state index is 12.5. The van der Waals surface area contributed by atoms with Gasteiger partial charge in [-0.25, -0.2) is 0 Å². The first kappa shape index (κ1) is 21.8. The number of esters is 1. The minimum absolute atomic E-state index is 0.0345. The highest BCUT2D eigenvalue weighted by Gasteiger charge is 2.37. The summed E-state index contributed by atoms with van der Waals surface area (Å²) in [5.41, 5.74) is 2.16. The van der Waals surface area contributed by atoms with Crippen molar-refractivity contribution in [1.29, 1.82) is 0 Å². The molecule has 7 nitrogen and oxygen atoms in total. The van der Waals surface area contributed by atoms with Crippen molar-refractivity contribution in [2.45, 2.75) is 20.3 Å². The number of nitrogens with one attached hydrogen (secondary N) is 1. The van der Waals surface area contributed by atoms with Crippen LogP contribution in [0.4, 0.5) is 11.4 Å². The number of carbonyl (C=O) groups is 3. The maximum atomic E-state index is 12.5. The van der Waals surface area contributed by atoms with E-state index in [4.69, 9.17) is 9.47 Å². The van der Waals surface area contributed by atoms with Crippen LogP contribution in [0.5, 0.6) is 5.75 Å². The van der Waals surface area contributed by atoms with E-state index in [1.807, 2.05) is 38.1 Å². The number of aryl methyl sites for hydroxylation is 1. The van der Waals surface area contributed by atoms with E-state index in [0.717, 1.165) is 10.0 Å². The van der Waals surface area contributed by atoms with Gasteiger partial charge in [0, 0.05) is 23.1 Å². The lowest BCUT2D eigenvalue weighted by Crippen LogP contribution is -2.28. The van der Waals surface area contributed by atoms with Crippen molar-refractivity contribution >= 4 is 45.1 Å². The number of hydrogen-bond acceptors (Lipinski definition) is 5. The first-order valence-electron chi connectivity index (χ1n) is 9.64. The highest BCUT2D eigenvalue weighted by atomic mass is 79.9. The molecule has 1 atom stereocenters. The van der Waals surface area contributed by atoms with Gasteiger partial charge in [0.25, 0.3) is 5.91 Å². The quantitative estimate of drug-likeness (QED) is 0.618. The van der Waals surface area contributed by atoms with Gasteiger partial charge in [0.15, 0.2) is 6.61 Å². The molecule has 0 bridgehead atoms. The Labute approximate surface area is 183 Å². The molecular weight excluding hydrogens is 452 g/mol. The first-order chi connectivity index (χ1) is 14.4. The summed E-state index contributed by atoms with van der Waals surface area (Å²) in [7, 11) is 0. The Hall–Kier alpha value is -2.87. The van der Waals surface area contributed by atoms with Gasteiger partial charge in [0.2, 0.25) is 5.91 Å². The second-order valence-corrected chi connectivity index (χ2v) is 7.84. The van der Waals surface area contributed by atoms with Gasteiger partial charge < -0.3 is 19.7 Å². The Morgan fingerprint density at radius 1 is 1.23 bits per heavy atom. The van der Waals surface area contributed by atoms with Crippen LogP contribution in [-0.2, 0) is 19.1 Å². The van der Waals surface area contributed by atoms with Crippen molar-refractivity contribution in [1.82, 2.24) is 0 Å². The van der Waals surface area contributed by atoms with Crippen LogP contribution in [0.25, 0.3) is 0 Å². The minimum atomic E-state index is -0.630. The van der Waals surface area contributed by atoms with Crippen LogP contribution in [0.1, 0.15) is 18.9 Å². The molecule has 0 radical (unpaired) electrons. The van der Waals surface area contributed by atoms with Gasteiger partial charge in [0.05, 0.1) is 18.2 Å². The van der Waals surface area contributed by atoms with Crippen LogP contribution in [0.15, 0.2) is 46.9 Å². The van der Waals surface area contributed by atoms with Crippen LogP contribution in [0, 0.1) is 12.8 Å². The highest BCUT2D eigenvalue weighted by Crippen LogP contribution is 2.33. The number of carbonyl (C=O) groups excluding carboxylic acids is 3. The number of para-hydroxylation sites is 2. The van der Waals surface area contributed by atoms with E-state index in [1.54, 1.807) is 18.2 Å². The molecule has 0 aromatic heterocycles. The van der Waals surface area contributed by atoms with Gasteiger partial charge in [0.1, 0.15) is 5.75 Å². The number of rotatable bonds is 7. The molecule has 1 fully saturated rings. The molecule has 1 aliphatic heterocycles. The van der Waals surface area contributed by atoms with E-state index in [0.29, 0.717) is 23.7 Å². The molecule has 0 unspecified atom stereocenters. The van der Waals surface area contributed by atoms with Crippen LogP contribution in [0.2, 0.25) is 0 Å². The standard InChI is InChI=1S/C22H23BrN2O5/c1-3-29-19-7-5-4-6-18(19)25-12-15(11-21(25)27)22(28)30-13-20(26)24-17-9-8-16(23)10-14(17)2/h4-10,15H,3,11-13H2,1-2H3,(H,24,26)/t15-/m0/s1. The lowest BCUT2D eigenvalue weighted by molar-refractivity contribution is -0.151. The molecule has 0 saturated carbocycles. The molecule has 0 aliphatic carbocycles. The molecule has 3 rings (SSSR count). The summed E-state index contributed by atoms with van der Waals surface area (Å²) in [4.78, 5) is 38.6. The molecule has 2 aromatic rings. The number of ether oxygens (including phenoxy) is 2. The third-order valence-electron chi connectivity index (χ3n) is 4.72. The normalized spacial score (nSPS) is 15.8. The summed E-state index contributed by atoms with van der Waals surface area (Å²) >= 11 is 3.37. The molecule has 8 heteroatoms. The topological polar surface area (TPSA) is 84.9 Å². The minimum Gasteiger partial charge on any atom is -0.492 e. The fraction of sp³-hybridized carbons (Fsp3) is 0.318. The Morgan fingerprint density at radius 2 is 2.00 bits per heavy atom. The van der Waals surface area contributed by atoms with Crippen molar-refractivity contribution in [3.8, 4) is 5.75 Å². The Kier molecular flexibility index (Phi) is 7.10. The average molecular weight is 475 g/mol. The smallest absolute Gasteiger partial charge is 0.311 e. The number of nitrogens with zero attached hydrogens (tertiary/aromatic N) is 1. The SMILES string of the molecule is CCOc1ccccc1N1C[C@@H](C(=O)OCC(=O)Nc2ccc(Br)cc2C)CC1=O. The van der Waals surface area contributed by atoms with E-state index in [-0.39, 0.29) is 18.9 Å². The molecule has 2 aromatic carbocycles. The fourth-order valence-electron chi connectivity index (χ4n) is 3.26. The van der Waals surface area contributed by atoms with Crippen molar-refractivity contribution < 1.29 is 23.9 Å². The molecule has 1 aliphatic rings. The second kappa shape index (κ2) is 9.75. The zero-order chi connectivity index (χ0) is 21.7. The zero-order valence-electron chi connectivity index (χ0n) is 16.8. The van der Waals surface area contributed by atoms with Crippen molar-refractivity contribution in [2.75, 3.05) is 30.0 Å². The van der Waals surface area contributed by atoms with Gasteiger partial charge in [-0.2, -0.15) is 0 Å². The van der Waals surface area contributed by atoms with Crippen LogP contribution in [0.3, 0.4) is 0 Å². The van der Waals surface area contributed by atoms with E-state index in [9.17, 15) is 14.4 Å². The first-order valence-corrected chi connectivity index (χ1v) is 10.4. The zero-order valence-corrected chi connectivity index (χ0v) is 18.4. The van der Waals surface area contributed by atoms with Crippen LogP contribution < -0.4 is 15.0 Å². The summed E-state index contributed by atoms with van der Waals surface area (Å²) in [5, 5.41) is 2.72. The maximum Gasteiger partial charge on any atom is 0.311 e. The summed E-state index contributed by atoms with van der Waals surface area (Å²) in [6.45, 7) is 3.98. The highest BCUT2D eigenvalue weighted by molar-refractivity contribution is 9.10. The van der Waals surface area contributed by atoms with E-state index in [1.165, 1.54) is 4.90 Å². The molecule has 2 amide bonds. The lowest BCUT2D eigenvalue weighted by Gasteiger charge is -2.20. The van der Waals surface area contributed by atoms with Gasteiger partial charge >= 0.3 is 5.97 Å². The monoisotopic (exact) mass is 474 g/mol. The molecule has 30 heavy (non-hydrogen) atoms. The van der Waals surface area contributed by atoms with E-state index in [2.05, 4.69) is 21.2 Å². The number of anilines is 2. The predicted octanol–water partition coefficient (Wildman–Crippen LogP) is 3.69. The van der Waals surface area contributed by atoms with Gasteiger partial charge in [-0.15, -0.1) is 0 Å². The van der Waals surface area contributed by atoms with Gasteiger partial charge in [-0.05, 0) is 49.7 Å². The van der Waals surface area contributed by atoms with E-state index < -0.39 is 24.4 Å². The van der Waals surface area contributed by atoms with Crippen molar-refractivity contribution in [3.63, 3.8) is 0 Å². The largest absolute Gasteiger partial charge is 0.492 e. The molecule has 1 saturated heterocycles. The summed E-state index contributed by atoms with van der Waals surface area (Å²) < 4.78 is 11.7. The molecule has 1 heterocycles. The fourth-order valence-corrected chi connectivity index (χ4v) is 3.74. The van der Waals surface area contributed by atoms with E-state index >= 15 is 0 Å². The molecular formula is C22H23BrN2O5. The third kappa shape index (κ3) is 5.18. The van der Waals surface area contributed by atoms with Crippen LogP contribution >= 0.6 is 15.9 Å². The molecule has 1 N–H and O–H groups in total. The van der Waals surface area contributed by atoms with Crippen molar-refractivity contribution in [2.24, 2.45) is 5.92 Å². The summed E-state index contributed by atoms with van der Waals surface area (Å²) in [6.07, 6.45) is 0.0345. The van der Waals surface area contributed by atoms with Gasteiger partial charge in [-0.1, -0.05) is 28.1 Å². The average Bonchev–Trinajstić information content (AvgIpc) is 3.10. The Morgan fingerprint density at radius 3 is 2.73 bits per heavy atom. The van der Waals surface area contributed by atoms with Crippen LogP contribution in [-0.4, -0.2) is 37.5 Å². The lowest BCUT2D eigenvalue weighted by atomic mass is 10.1. The Balaban J connectivity index is 1.56. The van der Waals surface area contributed by atoms with Crippen molar-refractivity contribution in [3.05, 3.63) is 52.5 Å². The summed E-state index contributed by atoms with van der Waals surface area (Å²) in [5.74, 6) is -1.22. The number of halogens is 1. The van der Waals surface area contributed by atoms with Gasteiger partial charge in [-0.3, -0.25) is 14.4 Å². The molecule has 0 spiro atoms. The number of benzene rings is 2. The number of amides is 2. The number of hydrogen-bond donors (Lipinski definition) is 1.